The molecule has 6 aromatic carbocycles. The van der Waals surface area contributed by atoms with E-state index in [2.05, 4.69) is 5.32 Å². The number of carbonyl (C=O) groups excluding carboxylic acids is 1. The van der Waals surface area contributed by atoms with Crippen LogP contribution in [0.4, 0.5) is 4.79 Å². The minimum atomic E-state index is -0.532. The van der Waals surface area contributed by atoms with E-state index in [4.69, 9.17) is 38.9 Å². The van der Waals surface area contributed by atoms with Crippen molar-refractivity contribution in [2.45, 2.75) is 65.5 Å². The summed E-state index contributed by atoms with van der Waals surface area (Å²) in [5.41, 5.74) is 7.41. The quantitative estimate of drug-likeness (QED) is 0.0929. The van der Waals surface area contributed by atoms with Gasteiger partial charge in [-0.15, -0.1) is 0 Å². The molecule has 10 nitrogen and oxygen atoms in total. The van der Waals surface area contributed by atoms with Crippen LogP contribution in [0.5, 0.6) is 46.0 Å². The van der Waals surface area contributed by atoms with Gasteiger partial charge in [0.1, 0.15) is 78.0 Å². The molecule has 0 heterocycles. The van der Waals surface area contributed by atoms with E-state index >= 15 is 0 Å². The number of ether oxygens (including phenoxy) is 7. The first-order valence-corrected chi connectivity index (χ1v) is 19.6. The van der Waals surface area contributed by atoms with Crippen LogP contribution in [0.2, 0.25) is 0 Å². The Kier molecular flexibility index (Phi) is 16.5. The van der Waals surface area contributed by atoms with Crippen molar-refractivity contribution in [2.24, 2.45) is 5.73 Å². The summed E-state index contributed by atoms with van der Waals surface area (Å²) < 4.78 is 39.8. The number of alkyl carbamates (subject to hydrolysis) is 1. The smallest absolute Gasteiger partial charge is 0.407 e. The normalized spacial score (nSPS) is 11.8. The summed E-state index contributed by atoms with van der Waals surface area (Å²) in [7, 11) is 0. The molecule has 3 N–H and O–H groups in total. The number of amides is 1. The first-order valence-electron chi connectivity index (χ1n) is 19.6. The van der Waals surface area contributed by atoms with E-state index < -0.39 is 11.7 Å². The van der Waals surface area contributed by atoms with E-state index in [1.807, 2.05) is 192 Å². The highest BCUT2D eigenvalue weighted by Crippen LogP contribution is 2.28. The molecule has 1 amide bonds. The molecule has 0 bridgehead atoms. The second-order valence-corrected chi connectivity index (χ2v) is 14.8. The number of hydrogen-bond acceptors (Lipinski definition) is 9. The molecule has 10 heteroatoms. The largest absolute Gasteiger partial charge is 0.492 e. The lowest BCUT2D eigenvalue weighted by Gasteiger charge is -2.22. The minimum Gasteiger partial charge on any atom is -0.492 e. The maximum atomic E-state index is 11.8. The van der Waals surface area contributed by atoms with Crippen LogP contribution >= 0.6 is 0 Å². The van der Waals surface area contributed by atoms with Crippen LogP contribution < -0.4 is 39.5 Å². The Hall–Kier alpha value is -6.65. The molecule has 0 aliphatic carbocycles. The number of hydrogen-bond donors (Lipinski definition) is 2. The highest BCUT2D eigenvalue weighted by Gasteiger charge is 2.18. The van der Waals surface area contributed by atoms with Crippen LogP contribution in [-0.4, -0.2) is 37.0 Å². The average Bonchev–Trinajstić information content (AvgIpc) is 3.23. The monoisotopic (exact) mass is 798 g/mol. The van der Waals surface area contributed by atoms with Crippen LogP contribution in [0.25, 0.3) is 0 Å². The molecular formula is C49H54N2O8. The number of rotatable bonds is 17. The van der Waals surface area contributed by atoms with Crippen LogP contribution in [0.15, 0.2) is 158 Å². The van der Waals surface area contributed by atoms with Gasteiger partial charge in [0.25, 0.3) is 0 Å². The summed E-state index contributed by atoms with van der Waals surface area (Å²) in [5.74, 6) is 5.96. The number of benzene rings is 6. The molecule has 6 aromatic rings. The molecule has 0 aromatic heterocycles. The third kappa shape index (κ3) is 16.8. The molecular weight excluding hydrogens is 745 g/mol. The maximum Gasteiger partial charge on any atom is 0.407 e. The van der Waals surface area contributed by atoms with Crippen molar-refractivity contribution in [1.82, 2.24) is 5.32 Å². The minimum absolute atomic E-state index is 0.00792. The Morgan fingerprint density at radius 2 is 0.814 bits per heavy atom. The molecule has 0 radical (unpaired) electrons. The molecule has 308 valence electrons. The zero-order valence-electron chi connectivity index (χ0n) is 34.3. The van der Waals surface area contributed by atoms with Gasteiger partial charge in [-0.3, -0.25) is 0 Å². The first kappa shape index (κ1) is 43.5. The van der Waals surface area contributed by atoms with E-state index in [1.54, 1.807) is 0 Å². The SMILES string of the molecule is CC(COc1ccc(Oc2ccc(OCc3ccccc3)cc2)cc1)NC(=O)OC(C)(C)C.C[C@H](N)COc1ccc(Oc2ccc(OCc3ccccc3)cc2)cc1. The van der Waals surface area contributed by atoms with Gasteiger partial charge in [-0.25, -0.2) is 4.79 Å². The van der Waals surface area contributed by atoms with Gasteiger partial charge in [0.05, 0.1) is 6.04 Å². The number of carbonyl (C=O) groups is 1. The van der Waals surface area contributed by atoms with Gasteiger partial charge in [-0.2, -0.15) is 0 Å². The predicted molar refractivity (Wildman–Crippen MR) is 231 cm³/mol. The van der Waals surface area contributed by atoms with Crippen molar-refractivity contribution in [3.05, 3.63) is 169 Å². The van der Waals surface area contributed by atoms with Crippen LogP contribution in [-0.2, 0) is 18.0 Å². The van der Waals surface area contributed by atoms with Gasteiger partial charge in [0.15, 0.2) is 0 Å². The summed E-state index contributed by atoms with van der Waals surface area (Å²) in [6, 6.07) is 49.8. The average molecular weight is 799 g/mol. The van der Waals surface area contributed by atoms with Crippen LogP contribution in [0.3, 0.4) is 0 Å². The molecule has 0 spiro atoms. The van der Waals surface area contributed by atoms with Crippen molar-refractivity contribution in [1.29, 1.82) is 0 Å². The molecule has 0 aliphatic rings. The van der Waals surface area contributed by atoms with E-state index in [0.29, 0.717) is 43.7 Å². The standard InChI is InChI=1S/C27H31NO5.C22H23NO3/c1-20(28-26(29)33-27(2,3)4)18-30-22-10-14-24(15-11-22)32-25-16-12-23(13-17-25)31-19-21-8-6-5-7-9-21;1-17(23)15-24-19-7-11-21(12-8-19)26-22-13-9-20(10-14-22)25-16-18-5-3-2-4-6-18/h5-17,20H,18-19H2,1-4H3,(H,28,29);2-14,17H,15-16,23H2,1H3/t;17-/m.0/s1. The second-order valence-electron chi connectivity index (χ2n) is 14.8. The van der Waals surface area contributed by atoms with Gasteiger partial charge in [0.2, 0.25) is 0 Å². The molecule has 0 saturated carbocycles. The topological polar surface area (TPSA) is 120 Å². The molecule has 59 heavy (non-hydrogen) atoms. The fourth-order valence-corrected chi connectivity index (χ4v) is 5.17. The third-order valence-corrected chi connectivity index (χ3v) is 8.04. The fraction of sp³-hybridized carbons (Fsp3) is 0.245. The Morgan fingerprint density at radius 3 is 1.15 bits per heavy atom. The molecule has 0 saturated heterocycles. The lowest BCUT2D eigenvalue weighted by atomic mass is 10.2. The summed E-state index contributed by atoms with van der Waals surface area (Å²) in [4.78, 5) is 11.8. The lowest BCUT2D eigenvalue weighted by Crippen LogP contribution is -2.40. The molecule has 2 atom stereocenters. The predicted octanol–water partition coefficient (Wildman–Crippen LogP) is 11.1. The Morgan fingerprint density at radius 1 is 0.492 bits per heavy atom. The van der Waals surface area contributed by atoms with Crippen LogP contribution in [0, 0.1) is 0 Å². The second kappa shape index (κ2) is 22.3. The molecule has 1 unspecified atom stereocenters. The molecule has 6 rings (SSSR count). The maximum absolute atomic E-state index is 11.8. The van der Waals surface area contributed by atoms with Crippen molar-refractivity contribution >= 4 is 6.09 Å². The van der Waals surface area contributed by atoms with E-state index in [9.17, 15) is 4.79 Å². The van der Waals surface area contributed by atoms with Crippen molar-refractivity contribution in [2.75, 3.05) is 13.2 Å². The fourth-order valence-electron chi connectivity index (χ4n) is 5.17. The van der Waals surface area contributed by atoms with Crippen LogP contribution in [0.1, 0.15) is 45.7 Å². The van der Waals surface area contributed by atoms with Gasteiger partial charge in [-0.1, -0.05) is 60.7 Å². The highest BCUT2D eigenvalue weighted by molar-refractivity contribution is 5.68. The summed E-state index contributed by atoms with van der Waals surface area (Å²) in [6.45, 7) is 11.1. The van der Waals surface area contributed by atoms with Crippen molar-refractivity contribution in [3.8, 4) is 46.0 Å². The van der Waals surface area contributed by atoms with Gasteiger partial charge >= 0.3 is 6.09 Å². The molecule has 0 aliphatic heterocycles. The lowest BCUT2D eigenvalue weighted by molar-refractivity contribution is 0.0494. The van der Waals surface area contributed by atoms with Crippen molar-refractivity contribution < 1.29 is 38.0 Å². The van der Waals surface area contributed by atoms with Gasteiger partial charge in [0, 0.05) is 6.04 Å². The van der Waals surface area contributed by atoms with E-state index in [0.717, 1.165) is 39.9 Å². The zero-order valence-corrected chi connectivity index (χ0v) is 34.3. The Balaban J connectivity index is 0.000000230. The zero-order chi connectivity index (χ0) is 41.9. The number of nitrogens with two attached hydrogens (primary N) is 1. The summed E-state index contributed by atoms with van der Waals surface area (Å²) in [6.07, 6.45) is -0.459. The van der Waals surface area contributed by atoms with Gasteiger partial charge in [-0.05, 0) is 143 Å². The van der Waals surface area contributed by atoms with E-state index in [1.165, 1.54) is 0 Å². The van der Waals surface area contributed by atoms with Gasteiger partial charge < -0.3 is 44.2 Å². The highest BCUT2D eigenvalue weighted by atomic mass is 16.6. The Labute approximate surface area is 347 Å². The number of nitrogens with one attached hydrogen (secondary N) is 1. The summed E-state index contributed by atoms with van der Waals surface area (Å²) >= 11 is 0. The van der Waals surface area contributed by atoms with Crippen molar-refractivity contribution in [3.63, 3.8) is 0 Å². The molecule has 0 fully saturated rings. The third-order valence-electron chi connectivity index (χ3n) is 8.04. The Bertz CT molecular complexity index is 2090. The first-order chi connectivity index (χ1) is 28.5. The summed E-state index contributed by atoms with van der Waals surface area (Å²) in [5, 5.41) is 2.75. The van der Waals surface area contributed by atoms with E-state index in [-0.39, 0.29) is 12.1 Å².